The number of rotatable bonds is 7. The second-order valence-electron chi connectivity index (χ2n) is 3.90. The Morgan fingerprint density at radius 3 is 2.75 bits per heavy atom. The fourth-order valence-electron chi connectivity index (χ4n) is 1.20. The van der Waals surface area contributed by atoms with Crippen molar-refractivity contribution in [2.75, 3.05) is 32.1 Å². The first-order chi connectivity index (χ1) is 7.63. The van der Waals surface area contributed by atoms with Crippen molar-refractivity contribution in [3.63, 3.8) is 0 Å². The van der Waals surface area contributed by atoms with Gasteiger partial charge >= 0.3 is 0 Å². The van der Waals surface area contributed by atoms with Crippen LogP contribution in [0.3, 0.4) is 0 Å². The number of nitrogens with zero attached hydrogens (tertiary/aromatic N) is 1. The first-order valence-corrected chi connectivity index (χ1v) is 7.45. The van der Waals surface area contributed by atoms with Gasteiger partial charge < -0.3 is 4.90 Å². The van der Waals surface area contributed by atoms with Gasteiger partial charge in [-0.05, 0) is 32.6 Å². The van der Waals surface area contributed by atoms with Gasteiger partial charge in [-0.1, -0.05) is 6.92 Å². The van der Waals surface area contributed by atoms with Crippen molar-refractivity contribution in [1.29, 1.82) is 0 Å². The van der Waals surface area contributed by atoms with Gasteiger partial charge in [-0.3, -0.25) is 4.79 Å². The van der Waals surface area contributed by atoms with Crippen LogP contribution in [-0.4, -0.2) is 42.8 Å². The smallest absolute Gasteiger partial charge is 0.182 e. The van der Waals surface area contributed by atoms with E-state index in [9.17, 15) is 4.79 Å². The lowest BCUT2D eigenvalue weighted by Crippen LogP contribution is -2.15. The van der Waals surface area contributed by atoms with Gasteiger partial charge in [0.25, 0.3) is 0 Å². The Hall–Kier alpha value is -0.320. The van der Waals surface area contributed by atoms with Crippen molar-refractivity contribution in [3.8, 4) is 0 Å². The van der Waals surface area contributed by atoms with Crippen molar-refractivity contribution < 1.29 is 4.79 Å². The Labute approximate surface area is 106 Å². The molecule has 0 amide bonds. The number of carbonyl (C=O) groups excluding carboxylic acids is 1. The molecule has 2 nitrogen and oxygen atoms in total. The highest BCUT2D eigenvalue weighted by molar-refractivity contribution is 8.00. The molecule has 0 atom stereocenters. The maximum absolute atomic E-state index is 11.8. The Bertz CT molecular complexity index is 334. The summed E-state index contributed by atoms with van der Waals surface area (Å²) >= 11 is 3.35. The summed E-state index contributed by atoms with van der Waals surface area (Å²) in [5, 5.41) is 0. The first-order valence-electron chi connectivity index (χ1n) is 5.48. The van der Waals surface area contributed by atoms with Crippen LogP contribution in [0.5, 0.6) is 0 Å². The molecule has 1 aromatic rings. The Balaban J connectivity index is 2.29. The van der Waals surface area contributed by atoms with Crippen LogP contribution in [0.15, 0.2) is 12.1 Å². The van der Waals surface area contributed by atoms with E-state index in [2.05, 4.69) is 32.0 Å². The van der Waals surface area contributed by atoms with Crippen LogP contribution in [0.4, 0.5) is 0 Å². The van der Waals surface area contributed by atoms with E-state index >= 15 is 0 Å². The molecule has 90 valence electrons. The number of thioether (sulfide) groups is 1. The van der Waals surface area contributed by atoms with Gasteiger partial charge in [0.05, 0.1) is 10.6 Å². The quantitative estimate of drug-likeness (QED) is 0.553. The molecule has 0 aliphatic heterocycles. The van der Waals surface area contributed by atoms with Gasteiger partial charge in [-0.15, -0.1) is 11.3 Å². The summed E-state index contributed by atoms with van der Waals surface area (Å²) < 4.78 is 0. The van der Waals surface area contributed by atoms with Crippen LogP contribution in [0.25, 0.3) is 0 Å². The SMILES string of the molecule is CCc1ccc(C(=O)CSCCN(C)C)s1. The molecular weight excluding hydrogens is 238 g/mol. The molecule has 1 aromatic heterocycles. The number of hydrogen-bond acceptors (Lipinski definition) is 4. The van der Waals surface area contributed by atoms with Crippen LogP contribution in [0.2, 0.25) is 0 Å². The predicted octanol–water partition coefficient (Wildman–Crippen LogP) is 2.79. The van der Waals surface area contributed by atoms with Crippen LogP contribution in [0.1, 0.15) is 21.5 Å². The molecule has 0 aliphatic carbocycles. The Morgan fingerprint density at radius 1 is 1.44 bits per heavy atom. The van der Waals surface area contributed by atoms with Crippen molar-refractivity contribution in [3.05, 3.63) is 21.9 Å². The highest BCUT2D eigenvalue weighted by Gasteiger charge is 2.08. The van der Waals surface area contributed by atoms with Gasteiger partial charge in [-0.25, -0.2) is 0 Å². The number of carbonyl (C=O) groups is 1. The van der Waals surface area contributed by atoms with E-state index in [0.29, 0.717) is 5.75 Å². The number of aryl methyl sites for hydroxylation is 1. The fourth-order valence-corrected chi connectivity index (χ4v) is 3.16. The molecule has 0 fully saturated rings. The second kappa shape index (κ2) is 7.09. The zero-order chi connectivity index (χ0) is 12.0. The number of hydrogen-bond donors (Lipinski definition) is 0. The van der Waals surface area contributed by atoms with Gasteiger partial charge in [0.1, 0.15) is 0 Å². The molecule has 0 aliphatic rings. The maximum Gasteiger partial charge on any atom is 0.182 e. The van der Waals surface area contributed by atoms with Gasteiger partial charge in [0.15, 0.2) is 5.78 Å². The summed E-state index contributed by atoms with van der Waals surface area (Å²) in [5.74, 6) is 1.90. The summed E-state index contributed by atoms with van der Waals surface area (Å²) in [5.41, 5.74) is 0. The molecule has 0 bridgehead atoms. The minimum Gasteiger partial charge on any atom is -0.309 e. The average Bonchev–Trinajstić information content (AvgIpc) is 2.72. The molecule has 0 spiro atoms. The van der Waals surface area contributed by atoms with E-state index in [4.69, 9.17) is 0 Å². The lowest BCUT2D eigenvalue weighted by Gasteiger charge is -2.07. The topological polar surface area (TPSA) is 20.3 Å². The lowest BCUT2D eigenvalue weighted by molar-refractivity contribution is 0.102. The van der Waals surface area contributed by atoms with Gasteiger partial charge in [-0.2, -0.15) is 11.8 Å². The van der Waals surface area contributed by atoms with Crippen molar-refractivity contribution in [2.45, 2.75) is 13.3 Å². The highest BCUT2D eigenvalue weighted by atomic mass is 32.2. The molecule has 1 heterocycles. The minimum absolute atomic E-state index is 0.272. The summed E-state index contributed by atoms with van der Waals surface area (Å²) in [7, 11) is 4.10. The van der Waals surface area contributed by atoms with Crippen molar-refractivity contribution >= 4 is 28.9 Å². The molecule has 0 aromatic carbocycles. The average molecular weight is 257 g/mol. The summed E-state index contributed by atoms with van der Waals surface area (Å²) in [6, 6.07) is 4.01. The molecule has 0 N–H and O–H groups in total. The minimum atomic E-state index is 0.272. The molecule has 4 heteroatoms. The number of ketones is 1. The van der Waals surface area contributed by atoms with Crippen LogP contribution < -0.4 is 0 Å². The van der Waals surface area contributed by atoms with E-state index < -0.39 is 0 Å². The van der Waals surface area contributed by atoms with Gasteiger partial charge in [0, 0.05) is 17.2 Å². The maximum atomic E-state index is 11.8. The van der Waals surface area contributed by atoms with E-state index in [1.807, 2.05) is 6.07 Å². The first kappa shape index (κ1) is 13.7. The van der Waals surface area contributed by atoms with Gasteiger partial charge in [0.2, 0.25) is 0 Å². The standard InChI is InChI=1S/C12H19NOS2/c1-4-10-5-6-12(16-10)11(14)9-15-8-7-13(2)3/h5-6H,4,7-9H2,1-3H3. The van der Waals surface area contributed by atoms with Crippen molar-refractivity contribution in [1.82, 2.24) is 4.90 Å². The largest absolute Gasteiger partial charge is 0.309 e. The normalized spacial score (nSPS) is 11.0. The van der Waals surface area contributed by atoms with Crippen molar-refractivity contribution in [2.24, 2.45) is 0 Å². The molecule has 0 saturated carbocycles. The predicted molar refractivity (Wildman–Crippen MR) is 73.9 cm³/mol. The highest BCUT2D eigenvalue weighted by Crippen LogP contribution is 2.18. The summed E-state index contributed by atoms with van der Waals surface area (Å²) in [4.78, 5) is 16.1. The third kappa shape index (κ3) is 4.68. The van der Waals surface area contributed by atoms with Crippen LogP contribution in [0, 0.1) is 0 Å². The lowest BCUT2D eigenvalue weighted by atomic mass is 10.3. The zero-order valence-electron chi connectivity index (χ0n) is 10.2. The second-order valence-corrected chi connectivity index (χ2v) is 6.17. The molecule has 1 rings (SSSR count). The molecular formula is C12H19NOS2. The number of Topliss-reactive ketones (excluding diaryl/α,β-unsaturated/α-hetero) is 1. The van der Waals surface area contributed by atoms with E-state index in [1.165, 1.54) is 4.88 Å². The fraction of sp³-hybridized carbons (Fsp3) is 0.583. The molecule has 0 saturated heterocycles. The van der Waals surface area contributed by atoms with E-state index in [0.717, 1.165) is 23.6 Å². The monoisotopic (exact) mass is 257 g/mol. The molecule has 0 unspecified atom stereocenters. The summed E-state index contributed by atoms with van der Waals surface area (Å²) in [6.07, 6.45) is 1.02. The molecule has 16 heavy (non-hydrogen) atoms. The third-order valence-corrected chi connectivity index (χ3v) is 4.41. The van der Waals surface area contributed by atoms with Crippen LogP contribution in [-0.2, 0) is 6.42 Å². The van der Waals surface area contributed by atoms with Crippen LogP contribution >= 0.6 is 23.1 Å². The van der Waals surface area contributed by atoms with E-state index in [1.54, 1.807) is 23.1 Å². The Morgan fingerprint density at radius 2 is 2.19 bits per heavy atom. The van der Waals surface area contributed by atoms with E-state index in [-0.39, 0.29) is 5.78 Å². The number of thiophene rings is 1. The zero-order valence-corrected chi connectivity index (χ0v) is 11.8. The Kier molecular flexibility index (Phi) is 6.09. The third-order valence-electron chi connectivity index (χ3n) is 2.20. The molecule has 0 radical (unpaired) electrons. The summed E-state index contributed by atoms with van der Waals surface area (Å²) in [6.45, 7) is 3.15.